The molecule has 5 heteroatoms. The largest absolute Gasteiger partial charge is 0.481 e. The van der Waals surface area contributed by atoms with Crippen molar-refractivity contribution in [3.63, 3.8) is 0 Å². The summed E-state index contributed by atoms with van der Waals surface area (Å²) >= 11 is 0. The number of carbonyl (C=O) groups is 1. The number of aryl methyl sites for hydroxylation is 1. The molecule has 2 heterocycles. The first-order chi connectivity index (χ1) is 10.7. The fraction of sp³-hybridized carbons (Fsp3) is 0.556. The molecule has 0 N–H and O–H groups in total. The molecule has 126 valence electrons. The Kier molecular flexibility index (Phi) is 4.97. The number of ether oxygens (including phenoxy) is 2. The van der Waals surface area contributed by atoms with Crippen LogP contribution in [0.2, 0.25) is 0 Å². The predicted molar refractivity (Wildman–Crippen MR) is 90.2 cm³/mol. The van der Waals surface area contributed by atoms with Crippen molar-refractivity contribution >= 4 is 11.8 Å². The summed E-state index contributed by atoms with van der Waals surface area (Å²) in [6.07, 6.45) is 4.44. The van der Waals surface area contributed by atoms with Gasteiger partial charge in [0.25, 0.3) is 0 Å². The van der Waals surface area contributed by atoms with E-state index < -0.39 is 5.60 Å². The molecule has 1 aliphatic heterocycles. The number of methoxy groups -OCH3 is 1. The van der Waals surface area contributed by atoms with Gasteiger partial charge in [-0.15, -0.1) is 0 Å². The Balaban J connectivity index is 2.33. The number of aromatic nitrogens is 1. The number of pyridine rings is 1. The van der Waals surface area contributed by atoms with Crippen molar-refractivity contribution in [1.29, 1.82) is 0 Å². The summed E-state index contributed by atoms with van der Waals surface area (Å²) in [6.45, 7) is 10.3. The van der Waals surface area contributed by atoms with Crippen molar-refractivity contribution in [3.8, 4) is 5.88 Å². The summed E-state index contributed by atoms with van der Waals surface area (Å²) in [6, 6.07) is 1.99. The molecule has 0 aromatic carbocycles. The molecule has 0 saturated heterocycles. The van der Waals surface area contributed by atoms with Gasteiger partial charge in [-0.05, 0) is 46.1 Å². The predicted octanol–water partition coefficient (Wildman–Crippen LogP) is 4.02. The van der Waals surface area contributed by atoms with Gasteiger partial charge in [0.05, 0.1) is 12.8 Å². The van der Waals surface area contributed by atoms with Gasteiger partial charge in [-0.1, -0.05) is 13.0 Å². The van der Waals surface area contributed by atoms with Crippen LogP contribution in [-0.4, -0.2) is 35.2 Å². The average Bonchev–Trinajstić information content (AvgIpc) is 2.45. The molecule has 0 fully saturated rings. The van der Waals surface area contributed by atoms with E-state index in [1.807, 2.05) is 33.8 Å². The lowest BCUT2D eigenvalue weighted by Gasteiger charge is -2.33. The van der Waals surface area contributed by atoms with Crippen LogP contribution in [0.1, 0.15) is 45.2 Å². The van der Waals surface area contributed by atoms with Gasteiger partial charge in [-0.25, -0.2) is 9.78 Å². The standard InChI is InChI=1S/C18H26N2O3/c1-12-7-8-15(14-9-13(2)16(22-6)19-10-14)20(11-12)17(21)23-18(3,4)5/h8-10,12H,7,11H2,1-6H3/t12-/m0/s1. The van der Waals surface area contributed by atoms with Crippen LogP contribution in [0.25, 0.3) is 5.70 Å². The molecular weight excluding hydrogens is 292 g/mol. The molecule has 2 rings (SSSR count). The monoisotopic (exact) mass is 318 g/mol. The van der Waals surface area contributed by atoms with Crippen molar-refractivity contribution in [2.24, 2.45) is 5.92 Å². The van der Waals surface area contributed by atoms with Gasteiger partial charge in [-0.3, -0.25) is 4.90 Å². The zero-order valence-corrected chi connectivity index (χ0v) is 14.8. The summed E-state index contributed by atoms with van der Waals surface area (Å²) in [5.41, 5.74) is 2.18. The second-order valence-corrected chi connectivity index (χ2v) is 7.07. The first-order valence-corrected chi connectivity index (χ1v) is 7.93. The van der Waals surface area contributed by atoms with E-state index in [0.717, 1.165) is 23.2 Å². The summed E-state index contributed by atoms with van der Waals surface area (Å²) in [4.78, 5) is 18.6. The molecule has 0 unspecified atom stereocenters. The van der Waals surface area contributed by atoms with Crippen LogP contribution in [0, 0.1) is 12.8 Å². The van der Waals surface area contributed by atoms with Crippen LogP contribution in [0.15, 0.2) is 18.3 Å². The van der Waals surface area contributed by atoms with Gasteiger partial charge < -0.3 is 9.47 Å². The molecule has 1 aromatic heterocycles. The lowest BCUT2D eigenvalue weighted by Crippen LogP contribution is -2.39. The van der Waals surface area contributed by atoms with Crippen molar-refractivity contribution in [2.45, 2.75) is 46.6 Å². The van der Waals surface area contributed by atoms with Crippen LogP contribution in [-0.2, 0) is 4.74 Å². The molecule has 23 heavy (non-hydrogen) atoms. The van der Waals surface area contributed by atoms with E-state index in [1.54, 1.807) is 18.2 Å². The SMILES string of the molecule is COc1ncc(C2=CC[C@H](C)CN2C(=O)OC(C)(C)C)cc1C. The zero-order valence-electron chi connectivity index (χ0n) is 14.8. The highest BCUT2D eigenvalue weighted by atomic mass is 16.6. The number of amides is 1. The van der Waals surface area contributed by atoms with Crippen LogP contribution < -0.4 is 4.74 Å². The maximum absolute atomic E-state index is 12.6. The number of carbonyl (C=O) groups excluding carboxylic acids is 1. The van der Waals surface area contributed by atoms with Crippen LogP contribution in [0.3, 0.4) is 0 Å². The maximum Gasteiger partial charge on any atom is 0.414 e. The molecule has 5 nitrogen and oxygen atoms in total. The van der Waals surface area contributed by atoms with E-state index >= 15 is 0 Å². The minimum atomic E-state index is -0.517. The van der Waals surface area contributed by atoms with Gasteiger partial charge in [0.1, 0.15) is 5.60 Å². The smallest absolute Gasteiger partial charge is 0.414 e. The van der Waals surface area contributed by atoms with E-state index in [1.165, 1.54) is 0 Å². The Labute approximate surface area is 138 Å². The number of hydrogen-bond donors (Lipinski definition) is 0. The van der Waals surface area contributed by atoms with E-state index in [2.05, 4.69) is 18.0 Å². The van der Waals surface area contributed by atoms with Crippen molar-refractivity contribution < 1.29 is 14.3 Å². The molecule has 0 spiro atoms. The zero-order chi connectivity index (χ0) is 17.2. The third-order valence-electron chi connectivity index (χ3n) is 3.63. The second kappa shape index (κ2) is 6.60. The third kappa shape index (κ3) is 4.24. The minimum Gasteiger partial charge on any atom is -0.481 e. The molecule has 1 amide bonds. The average molecular weight is 318 g/mol. The van der Waals surface area contributed by atoms with Gasteiger partial charge in [0.15, 0.2) is 0 Å². The summed E-state index contributed by atoms with van der Waals surface area (Å²) in [5.74, 6) is 1.00. The van der Waals surface area contributed by atoms with E-state index in [9.17, 15) is 4.79 Å². The third-order valence-corrected chi connectivity index (χ3v) is 3.63. The number of nitrogens with zero attached hydrogens (tertiary/aromatic N) is 2. The quantitative estimate of drug-likeness (QED) is 0.826. The Bertz CT molecular complexity index is 617. The van der Waals surface area contributed by atoms with Gasteiger partial charge in [0.2, 0.25) is 5.88 Å². The van der Waals surface area contributed by atoms with E-state index in [-0.39, 0.29) is 6.09 Å². The Hall–Kier alpha value is -2.04. The molecule has 1 atom stereocenters. The lowest BCUT2D eigenvalue weighted by atomic mass is 9.98. The molecule has 1 aliphatic rings. The first kappa shape index (κ1) is 17.3. The summed E-state index contributed by atoms with van der Waals surface area (Å²) in [5, 5.41) is 0. The van der Waals surface area contributed by atoms with Crippen molar-refractivity contribution in [2.75, 3.05) is 13.7 Å². The highest BCUT2D eigenvalue weighted by Gasteiger charge is 2.29. The summed E-state index contributed by atoms with van der Waals surface area (Å²) in [7, 11) is 1.60. The molecule has 0 aliphatic carbocycles. The van der Waals surface area contributed by atoms with E-state index in [4.69, 9.17) is 9.47 Å². The normalized spacial score (nSPS) is 18.4. The molecular formula is C18H26N2O3. The van der Waals surface area contributed by atoms with Gasteiger partial charge >= 0.3 is 6.09 Å². The second-order valence-electron chi connectivity index (χ2n) is 7.07. The lowest BCUT2D eigenvalue weighted by molar-refractivity contribution is 0.0327. The molecule has 0 bridgehead atoms. The number of rotatable bonds is 2. The maximum atomic E-state index is 12.6. The van der Waals surface area contributed by atoms with Crippen molar-refractivity contribution in [1.82, 2.24) is 9.88 Å². The fourth-order valence-corrected chi connectivity index (χ4v) is 2.59. The van der Waals surface area contributed by atoms with Gasteiger partial charge in [0, 0.05) is 23.9 Å². The first-order valence-electron chi connectivity index (χ1n) is 7.93. The number of hydrogen-bond acceptors (Lipinski definition) is 4. The Morgan fingerprint density at radius 1 is 1.39 bits per heavy atom. The minimum absolute atomic E-state index is 0.316. The molecule has 1 aromatic rings. The van der Waals surface area contributed by atoms with Crippen LogP contribution in [0.4, 0.5) is 4.79 Å². The van der Waals surface area contributed by atoms with Crippen LogP contribution >= 0.6 is 0 Å². The van der Waals surface area contributed by atoms with E-state index in [0.29, 0.717) is 18.3 Å². The fourth-order valence-electron chi connectivity index (χ4n) is 2.59. The summed E-state index contributed by atoms with van der Waals surface area (Å²) < 4.78 is 10.8. The molecule has 0 saturated carbocycles. The Morgan fingerprint density at radius 2 is 2.09 bits per heavy atom. The van der Waals surface area contributed by atoms with Gasteiger partial charge in [-0.2, -0.15) is 0 Å². The highest BCUT2D eigenvalue weighted by Crippen LogP contribution is 2.30. The van der Waals surface area contributed by atoms with Crippen molar-refractivity contribution in [3.05, 3.63) is 29.5 Å². The topological polar surface area (TPSA) is 51.7 Å². The molecule has 0 radical (unpaired) electrons. The van der Waals surface area contributed by atoms with Crippen LogP contribution in [0.5, 0.6) is 5.88 Å². The number of allylic oxidation sites excluding steroid dienone is 1. The Morgan fingerprint density at radius 3 is 2.65 bits per heavy atom. The highest BCUT2D eigenvalue weighted by molar-refractivity contribution is 5.83.